The Morgan fingerprint density at radius 3 is 3.10 bits per heavy atom. The first kappa shape index (κ1) is 7.86. The van der Waals surface area contributed by atoms with Crippen LogP contribution in [0.1, 0.15) is 26.2 Å². The van der Waals surface area contributed by atoms with Crippen LogP contribution in [-0.2, 0) is 4.79 Å². The van der Waals surface area contributed by atoms with E-state index in [0.717, 1.165) is 12.8 Å². The Bertz CT molecular complexity index is 161. The topological polar surface area (TPSA) is 17.1 Å². The molecule has 1 heterocycles. The van der Waals surface area contributed by atoms with E-state index in [4.69, 9.17) is 0 Å². The molecule has 0 bridgehead atoms. The van der Waals surface area contributed by atoms with E-state index in [1.165, 1.54) is 17.1 Å². The maximum absolute atomic E-state index is 10.6. The van der Waals surface area contributed by atoms with Crippen molar-refractivity contribution in [2.75, 3.05) is 5.75 Å². The van der Waals surface area contributed by atoms with Crippen LogP contribution in [0.5, 0.6) is 0 Å². The number of carbonyl (C=O) groups excluding carboxylic acids is 1. The minimum absolute atomic E-state index is 0.299. The summed E-state index contributed by atoms with van der Waals surface area (Å²) in [5.74, 6) is 1.51. The third-order valence-electron chi connectivity index (χ3n) is 1.50. The molecular weight excluding hydrogens is 144 g/mol. The van der Waals surface area contributed by atoms with E-state index in [2.05, 4.69) is 6.08 Å². The van der Waals surface area contributed by atoms with Crippen molar-refractivity contribution in [1.82, 2.24) is 0 Å². The molecule has 0 aromatic carbocycles. The van der Waals surface area contributed by atoms with Gasteiger partial charge in [0.15, 0.2) is 0 Å². The highest BCUT2D eigenvalue weighted by Crippen LogP contribution is 2.28. The second kappa shape index (κ2) is 3.81. The number of thioether (sulfide) groups is 1. The van der Waals surface area contributed by atoms with Crippen molar-refractivity contribution >= 4 is 17.5 Å². The van der Waals surface area contributed by atoms with Gasteiger partial charge >= 0.3 is 0 Å². The largest absolute Gasteiger partial charge is 0.300 e. The molecule has 0 saturated carbocycles. The quantitative estimate of drug-likeness (QED) is 0.624. The summed E-state index contributed by atoms with van der Waals surface area (Å²) in [6.07, 6.45) is 5.13. The molecule has 0 N–H and O–H groups in total. The molecule has 0 unspecified atom stereocenters. The molecule has 0 saturated heterocycles. The molecular formula is C8H12OS. The third kappa shape index (κ3) is 2.56. The van der Waals surface area contributed by atoms with Crippen molar-refractivity contribution in [3.8, 4) is 0 Å². The van der Waals surface area contributed by atoms with E-state index in [0.29, 0.717) is 5.78 Å². The lowest BCUT2D eigenvalue weighted by atomic mass is 10.2. The normalized spacial score (nSPS) is 17.1. The van der Waals surface area contributed by atoms with Gasteiger partial charge in [0.2, 0.25) is 0 Å². The molecule has 1 aliphatic rings. The van der Waals surface area contributed by atoms with Gasteiger partial charge in [0, 0.05) is 12.2 Å². The van der Waals surface area contributed by atoms with Gasteiger partial charge in [-0.05, 0) is 24.7 Å². The Balaban J connectivity index is 2.19. The maximum Gasteiger partial charge on any atom is 0.130 e. The lowest BCUT2D eigenvalue weighted by Crippen LogP contribution is -1.88. The summed E-state index contributed by atoms with van der Waals surface area (Å²) in [5.41, 5.74) is 0. The highest BCUT2D eigenvalue weighted by Gasteiger charge is 2.05. The summed E-state index contributed by atoms with van der Waals surface area (Å²) in [6, 6.07) is 0. The molecule has 0 aliphatic carbocycles. The first-order valence-electron chi connectivity index (χ1n) is 3.60. The molecule has 0 spiro atoms. The maximum atomic E-state index is 10.6. The van der Waals surface area contributed by atoms with Crippen molar-refractivity contribution < 1.29 is 4.79 Å². The summed E-state index contributed by atoms with van der Waals surface area (Å²) in [5, 5.41) is 0. The van der Waals surface area contributed by atoms with E-state index < -0.39 is 0 Å². The van der Waals surface area contributed by atoms with Crippen LogP contribution < -0.4 is 0 Å². The summed E-state index contributed by atoms with van der Waals surface area (Å²) >= 11 is 1.89. The molecule has 0 radical (unpaired) electrons. The van der Waals surface area contributed by atoms with Crippen LogP contribution in [0, 0.1) is 0 Å². The summed E-state index contributed by atoms with van der Waals surface area (Å²) < 4.78 is 0. The molecule has 1 rings (SSSR count). The van der Waals surface area contributed by atoms with Crippen LogP contribution in [0.15, 0.2) is 11.0 Å². The van der Waals surface area contributed by atoms with Gasteiger partial charge in [-0.3, -0.25) is 0 Å². The van der Waals surface area contributed by atoms with Crippen LogP contribution in [0.25, 0.3) is 0 Å². The Kier molecular flexibility index (Phi) is 3.00. The van der Waals surface area contributed by atoms with Crippen LogP contribution in [0.3, 0.4) is 0 Å². The Morgan fingerprint density at radius 1 is 1.80 bits per heavy atom. The second-order valence-electron chi connectivity index (χ2n) is 2.51. The minimum atomic E-state index is 0.299. The fourth-order valence-corrected chi connectivity index (χ4v) is 1.92. The lowest BCUT2D eigenvalue weighted by molar-refractivity contribution is -0.116. The van der Waals surface area contributed by atoms with E-state index in [-0.39, 0.29) is 0 Å². The molecule has 56 valence electrons. The zero-order valence-corrected chi connectivity index (χ0v) is 7.04. The van der Waals surface area contributed by atoms with Gasteiger partial charge in [-0.15, -0.1) is 11.8 Å². The molecule has 0 fully saturated rings. The minimum Gasteiger partial charge on any atom is -0.300 e. The first-order valence-corrected chi connectivity index (χ1v) is 4.59. The molecule has 0 atom stereocenters. The molecule has 10 heavy (non-hydrogen) atoms. The summed E-state index contributed by atoms with van der Waals surface area (Å²) in [6.45, 7) is 1.65. The third-order valence-corrected chi connectivity index (χ3v) is 2.68. The SMILES string of the molecule is CC(=O)CCC1=CCCS1. The molecule has 0 amide bonds. The fraction of sp³-hybridized carbons (Fsp3) is 0.625. The predicted octanol–water partition coefficient (Wildman–Crippen LogP) is 2.38. The van der Waals surface area contributed by atoms with Gasteiger partial charge in [-0.1, -0.05) is 6.08 Å². The lowest BCUT2D eigenvalue weighted by Gasteiger charge is -1.96. The zero-order valence-electron chi connectivity index (χ0n) is 6.22. The smallest absolute Gasteiger partial charge is 0.130 e. The fourth-order valence-electron chi connectivity index (χ4n) is 0.942. The van der Waals surface area contributed by atoms with Gasteiger partial charge in [0.25, 0.3) is 0 Å². The van der Waals surface area contributed by atoms with Crippen LogP contribution in [-0.4, -0.2) is 11.5 Å². The van der Waals surface area contributed by atoms with Crippen molar-refractivity contribution in [2.45, 2.75) is 26.2 Å². The molecule has 0 aromatic rings. The number of ketones is 1. The number of rotatable bonds is 3. The highest BCUT2D eigenvalue weighted by molar-refractivity contribution is 8.03. The van der Waals surface area contributed by atoms with E-state index in [9.17, 15) is 4.79 Å². The predicted molar refractivity (Wildman–Crippen MR) is 45.1 cm³/mol. The number of Topliss-reactive ketones (excluding diaryl/α,β-unsaturated/α-hetero) is 1. The van der Waals surface area contributed by atoms with Crippen molar-refractivity contribution in [3.63, 3.8) is 0 Å². The highest BCUT2D eigenvalue weighted by atomic mass is 32.2. The molecule has 0 aromatic heterocycles. The van der Waals surface area contributed by atoms with Crippen LogP contribution in [0.4, 0.5) is 0 Å². The van der Waals surface area contributed by atoms with Crippen molar-refractivity contribution in [3.05, 3.63) is 11.0 Å². The van der Waals surface area contributed by atoms with Gasteiger partial charge in [-0.2, -0.15) is 0 Å². The molecule has 2 heteroatoms. The second-order valence-corrected chi connectivity index (χ2v) is 3.73. The van der Waals surface area contributed by atoms with Gasteiger partial charge in [0.1, 0.15) is 5.78 Å². The van der Waals surface area contributed by atoms with Crippen LogP contribution >= 0.6 is 11.8 Å². The van der Waals surface area contributed by atoms with E-state index in [1.54, 1.807) is 6.92 Å². The summed E-state index contributed by atoms with van der Waals surface area (Å²) in [7, 11) is 0. The standard InChI is InChI=1S/C8H12OS/c1-7(9)4-5-8-3-2-6-10-8/h3H,2,4-6H2,1H3. The van der Waals surface area contributed by atoms with Gasteiger partial charge < -0.3 is 4.79 Å². The number of allylic oxidation sites excluding steroid dienone is 2. The average Bonchev–Trinajstić information content (AvgIpc) is 2.34. The van der Waals surface area contributed by atoms with Crippen LogP contribution in [0.2, 0.25) is 0 Å². The van der Waals surface area contributed by atoms with E-state index in [1.807, 2.05) is 11.8 Å². The monoisotopic (exact) mass is 156 g/mol. The number of hydrogen-bond donors (Lipinski definition) is 0. The molecule has 1 aliphatic heterocycles. The number of hydrogen-bond acceptors (Lipinski definition) is 2. The van der Waals surface area contributed by atoms with E-state index >= 15 is 0 Å². The Morgan fingerprint density at radius 2 is 2.60 bits per heavy atom. The van der Waals surface area contributed by atoms with Crippen molar-refractivity contribution in [2.24, 2.45) is 0 Å². The van der Waals surface area contributed by atoms with Gasteiger partial charge in [-0.25, -0.2) is 0 Å². The molecule has 1 nitrogen and oxygen atoms in total. The summed E-state index contributed by atoms with van der Waals surface area (Å²) in [4.78, 5) is 12.0. The Hall–Kier alpha value is -0.240. The van der Waals surface area contributed by atoms with Crippen molar-refractivity contribution in [1.29, 1.82) is 0 Å². The first-order chi connectivity index (χ1) is 4.79. The average molecular weight is 156 g/mol. The van der Waals surface area contributed by atoms with Gasteiger partial charge in [0.05, 0.1) is 0 Å². The Labute approximate surface area is 65.9 Å². The zero-order chi connectivity index (χ0) is 7.40. The number of carbonyl (C=O) groups is 1.